The first-order chi connectivity index (χ1) is 7.00. The number of carbonyl (C=O) groups is 1. The lowest BCUT2D eigenvalue weighted by atomic mass is 10.1. The highest BCUT2D eigenvalue weighted by molar-refractivity contribution is 5.94. The van der Waals surface area contributed by atoms with E-state index < -0.39 is 0 Å². The lowest BCUT2D eigenvalue weighted by Gasteiger charge is -2.13. The average molecular weight is 204 g/mol. The van der Waals surface area contributed by atoms with Crippen molar-refractivity contribution < 1.29 is 4.79 Å². The molecule has 15 heavy (non-hydrogen) atoms. The van der Waals surface area contributed by atoms with Gasteiger partial charge in [0.2, 0.25) is 0 Å². The molecule has 0 heterocycles. The summed E-state index contributed by atoms with van der Waals surface area (Å²) in [4.78, 5) is 11.7. The third-order valence-corrected chi connectivity index (χ3v) is 2.22. The molecule has 1 aromatic rings. The Labute approximate surface area is 90.0 Å². The van der Waals surface area contributed by atoms with Crippen LogP contribution in [0.4, 0.5) is 0 Å². The molecule has 3 N–H and O–H groups in total. The molecule has 1 unspecified atom stereocenters. The second-order valence-corrected chi connectivity index (χ2v) is 3.64. The van der Waals surface area contributed by atoms with Crippen LogP contribution >= 0.6 is 0 Å². The van der Waals surface area contributed by atoms with Crippen LogP contribution in [0.2, 0.25) is 0 Å². The van der Waals surface area contributed by atoms with E-state index in [9.17, 15) is 4.79 Å². The van der Waals surface area contributed by atoms with Gasteiger partial charge in [-0.05, 0) is 26.0 Å². The third kappa shape index (κ3) is 3.13. The number of hydrogen-bond acceptors (Lipinski definition) is 2. The van der Waals surface area contributed by atoms with E-state index in [1.165, 1.54) is 0 Å². The van der Waals surface area contributed by atoms with Gasteiger partial charge < -0.3 is 11.1 Å². The molecule has 3 heteroatoms. The van der Waals surface area contributed by atoms with E-state index in [4.69, 9.17) is 5.73 Å². The average Bonchev–Trinajstić information content (AvgIpc) is 2.18. The minimum Gasteiger partial charge on any atom is -0.401 e. The summed E-state index contributed by atoms with van der Waals surface area (Å²) in [6, 6.07) is 7.17. The first kappa shape index (κ1) is 11.3. The van der Waals surface area contributed by atoms with Crippen LogP contribution in [0.25, 0.3) is 0 Å². The van der Waals surface area contributed by atoms with E-state index in [2.05, 4.69) is 11.9 Å². The fourth-order valence-corrected chi connectivity index (χ4v) is 1.08. The maximum absolute atomic E-state index is 11.7. The van der Waals surface area contributed by atoms with Crippen molar-refractivity contribution in [3.8, 4) is 0 Å². The Morgan fingerprint density at radius 2 is 1.93 bits per heavy atom. The highest BCUT2D eigenvalue weighted by Crippen LogP contribution is 2.03. The van der Waals surface area contributed by atoms with Crippen molar-refractivity contribution >= 4 is 5.91 Å². The number of carbonyl (C=O) groups excluding carboxylic acids is 1. The number of nitrogens with one attached hydrogen (secondary N) is 1. The normalized spacial score (nSPS) is 11.9. The van der Waals surface area contributed by atoms with Gasteiger partial charge in [0.15, 0.2) is 0 Å². The zero-order valence-electron chi connectivity index (χ0n) is 9.08. The summed E-state index contributed by atoms with van der Waals surface area (Å²) in [5, 5.41) is 2.75. The minimum absolute atomic E-state index is 0.130. The lowest BCUT2D eigenvalue weighted by Crippen LogP contribution is -2.35. The van der Waals surface area contributed by atoms with Crippen LogP contribution in [0, 0.1) is 6.92 Å². The van der Waals surface area contributed by atoms with Gasteiger partial charge in [-0.25, -0.2) is 0 Å². The molecule has 1 amide bonds. The molecule has 1 atom stereocenters. The summed E-state index contributed by atoms with van der Waals surface area (Å²) in [5.41, 5.74) is 7.69. The molecule has 0 saturated carbocycles. The molecular formula is C12H16N2O. The van der Waals surface area contributed by atoms with Crippen LogP contribution in [0.5, 0.6) is 0 Å². The van der Waals surface area contributed by atoms with Crippen molar-refractivity contribution in [3.05, 3.63) is 47.7 Å². The Hall–Kier alpha value is -1.77. The predicted octanol–water partition coefficient (Wildman–Crippen LogP) is 1.59. The SMILES string of the molecule is C=C(N)C(C)NC(=O)c1ccc(C)cc1. The summed E-state index contributed by atoms with van der Waals surface area (Å²) in [5.74, 6) is -0.130. The molecule has 1 aromatic carbocycles. The second kappa shape index (κ2) is 4.64. The molecule has 3 nitrogen and oxygen atoms in total. The monoisotopic (exact) mass is 204 g/mol. The summed E-state index contributed by atoms with van der Waals surface area (Å²) in [6.07, 6.45) is 0. The quantitative estimate of drug-likeness (QED) is 0.785. The Kier molecular flexibility index (Phi) is 3.50. The largest absolute Gasteiger partial charge is 0.401 e. The number of hydrogen-bond donors (Lipinski definition) is 2. The van der Waals surface area contributed by atoms with Crippen LogP contribution in [-0.4, -0.2) is 11.9 Å². The molecule has 0 aromatic heterocycles. The van der Waals surface area contributed by atoms with Crippen molar-refractivity contribution in [1.82, 2.24) is 5.32 Å². The molecule has 0 aliphatic carbocycles. The Morgan fingerprint density at radius 3 is 2.40 bits per heavy atom. The molecule has 1 rings (SSSR count). The summed E-state index contributed by atoms with van der Waals surface area (Å²) < 4.78 is 0. The molecule has 0 bridgehead atoms. The van der Waals surface area contributed by atoms with Crippen molar-refractivity contribution in [2.75, 3.05) is 0 Å². The zero-order chi connectivity index (χ0) is 11.4. The number of nitrogens with two attached hydrogens (primary N) is 1. The minimum atomic E-state index is -0.209. The number of amides is 1. The van der Waals surface area contributed by atoms with Gasteiger partial charge in [0.1, 0.15) is 0 Å². The topological polar surface area (TPSA) is 55.1 Å². The Bertz CT molecular complexity index is 368. The fourth-order valence-electron chi connectivity index (χ4n) is 1.08. The lowest BCUT2D eigenvalue weighted by molar-refractivity contribution is 0.0945. The summed E-state index contributed by atoms with van der Waals surface area (Å²) in [7, 11) is 0. The van der Waals surface area contributed by atoms with E-state index in [0.717, 1.165) is 5.56 Å². The molecule has 0 spiro atoms. The van der Waals surface area contributed by atoms with E-state index in [0.29, 0.717) is 11.3 Å². The van der Waals surface area contributed by atoms with Crippen LogP contribution in [0.1, 0.15) is 22.8 Å². The van der Waals surface area contributed by atoms with E-state index >= 15 is 0 Å². The number of benzene rings is 1. The maximum atomic E-state index is 11.7. The molecule has 0 fully saturated rings. The van der Waals surface area contributed by atoms with Gasteiger partial charge in [-0.3, -0.25) is 4.79 Å². The highest BCUT2D eigenvalue weighted by Gasteiger charge is 2.09. The van der Waals surface area contributed by atoms with Crippen LogP contribution < -0.4 is 11.1 Å². The first-order valence-electron chi connectivity index (χ1n) is 4.82. The van der Waals surface area contributed by atoms with E-state index in [-0.39, 0.29) is 11.9 Å². The van der Waals surface area contributed by atoms with Crippen LogP contribution in [-0.2, 0) is 0 Å². The van der Waals surface area contributed by atoms with Crippen molar-refractivity contribution in [2.24, 2.45) is 5.73 Å². The molecule has 0 saturated heterocycles. The van der Waals surface area contributed by atoms with Gasteiger partial charge in [-0.2, -0.15) is 0 Å². The summed E-state index contributed by atoms with van der Waals surface area (Å²) in [6.45, 7) is 7.36. The molecule has 80 valence electrons. The second-order valence-electron chi connectivity index (χ2n) is 3.64. The van der Waals surface area contributed by atoms with E-state index in [1.807, 2.05) is 19.1 Å². The molecule has 0 aliphatic rings. The number of aryl methyl sites for hydroxylation is 1. The molecule has 0 radical (unpaired) electrons. The van der Waals surface area contributed by atoms with E-state index in [1.54, 1.807) is 19.1 Å². The van der Waals surface area contributed by atoms with Crippen molar-refractivity contribution in [3.63, 3.8) is 0 Å². The molecular weight excluding hydrogens is 188 g/mol. The maximum Gasteiger partial charge on any atom is 0.251 e. The van der Waals surface area contributed by atoms with Gasteiger partial charge >= 0.3 is 0 Å². The first-order valence-corrected chi connectivity index (χ1v) is 4.82. The van der Waals surface area contributed by atoms with Gasteiger partial charge in [0.25, 0.3) is 5.91 Å². The predicted molar refractivity (Wildman–Crippen MR) is 61.4 cm³/mol. The van der Waals surface area contributed by atoms with Crippen LogP contribution in [0.15, 0.2) is 36.5 Å². The highest BCUT2D eigenvalue weighted by atomic mass is 16.1. The van der Waals surface area contributed by atoms with Gasteiger partial charge in [0.05, 0.1) is 6.04 Å². The van der Waals surface area contributed by atoms with Gasteiger partial charge in [0, 0.05) is 11.3 Å². The Morgan fingerprint density at radius 1 is 1.40 bits per heavy atom. The van der Waals surface area contributed by atoms with Crippen molar-refractivity contribution in [2.45, 2.75) is 19.9 Å². The standard InChI is InChI=1S/C12H16N2O/c1-8-4-6-11(7-5-8)12(15)14-10(3)9(2)13/h4-7,10H,2,13H2,1,3H3,(H,14,15). The van der Waals surface area contributed by atoms with Gasteiger partial charge in [-0.1, -0.05) is 24.3 Å². The third-order valence-electron chi connectivity index (χ3n) is 2.22. The Balaban J connectivity index is 2.69. The summed E-state index contributed by atoms with van der Waals surface area (Å²) >= 11 is 0. The molecule has 0 aliphatic heterocycles. The zero-order valence-corrected chi connectivity index (χ0v) is 9.08. The number of rotatable bonds is 3. The van der Waals surface area contributed by atoms with Crippen molar-refractivity contribution in [1.29, 1.82) is 0 Å². The van der Waals surface area contributed by atoms with Crippen LogP contribution in [0.3, 0.4) is 0 Å². The smallest absolute Gasteiger partial charge is 0.251 e. The van der Waals surface area contributed by atoms with Gasteiger partial charge in [-0.15, -0.1) is 0 Å². The fraction of sp³-hybridized carbons (Fsp3) is 0.250.